The molecule has 0 bridgehead atoms. The summed E-state index contributed by atoms with van der Waals surface area (Å²) >= 11 is 0. The lowest BCUT2D eigenvalue weighted by Crippen LogP contribution is -2.32. The molecule has 1 aromatic rings. The van der Waals surface area contributed by atoms with E-state index in [2.05, 4.69) is 10.0 Å². The highest BCUT2D eigenvalue weighted by molar-refractivity contribution is 7.89. The number of carbonyl (C=O) groups excluding carboxylic acids is 1. The molecule has 0 aliphatic heterocycles. The summed E-state index contributed by atoms with van der Waals surface area (Å²) in [4.78, 5) is 11.8. The first-order valence-corrected chi connectivity index (χ1v) is 8.54. The molecule has 1 amide bonds. The monoisotopic (exact) mass is 312 g/mol. The zero-order valence-corrected chi connectivity index (χ0v) is 13.9. The van der Waals surface area contributed by atoms with Gasteiger partial charge in [-0.15, -0.1) is 0 Å². The van der Waals surface area contributed by atoms with Crippen molar-refractivity contribution in [3.05, 3.63) is 29.3 Å². The van der Waals surface area contributed by atoms with Crippen LogP contribution in [0.25, 0.3) is 0 Å². The molecule has 2 N–H and O–H groups in total. The molecule has 0 aliphatic carbocycles. The van der Waals surface area contributed by atoms with Crippen LogP contribution in [0.1, 0.15) is 31.4 Å². The second-order valence-corrected chi connectivity index (χ2v) is 7.35. The van der Waals surface area contributed by atoms with Crippen molar-refractivity contribution in [3.8, 4) is 0 Å². The van der Waals surface area contributed by atoms with Crippen LogP contribution in [0.2, 0.25) is 0 Å². The molecule has 1 rings (SSSR count). The van der Waals surface area contributed by atoms with E-state index in [1.54, 1.807) is 19.1 Å². The van der Waals surface area contributed by atoms with Gasteiger partial charge in [-0.05, 0) is 31.4 Å². The first-order valence-electron chi connectivity index (χ1n) is 7.06. The smallest absolute Gasteiger partial charge is 0.240 e. The van der Waals surface area contributed by atoms with E-state index in [1.807, 2.05) is 26.8 Å². The molecule has 0 heterocycles. The van der Waals surface area contributed by atoms with E-state index < -0.39 is 10.0 Å². The van der Waals surface area contributed by atoms with Gasteiger partial charge in [0.1, 0.15) is 0 Å². The van der Waals surface area contributed by atoms with Gasteiger partial charge in [-0.2, -0.15) is 0 Å². The van der Waals surface area contributed by atoms with Crippen molar-refractivity contribution >= 4 is 15.9 Å². The third-order valence-corrected chi connectivity index (χ3v) is 4.59. The van der Waals surface area contributed by atoms with Crippen molar-refractivity contribution in [1.82, 2.24) is 10.0 Å². The van der Waals surface area contributed by atoms with Crippen LogP contribution >= 0.6 is 0 Å². The van der Waals surface area contributed by atoms with Gasteiger partial charge in [0.05, 0.1) is 4.90 Å². The second kappa shape index (κ2) is 7.56. The van der Waals surface area contributed by atoms with Gasteiger partial charge >= 0.3 is 0 Å². The van der Waals surface area contributed by atoms with Crippen molar-refractivity contribution in [1.29, 1.82) is 0 Å². The van der Waals surface area contributed by atoms with Crippen molar-refractivity contribution in [3.63, 3.8) is 0 Å². The fraction of sp³-hybridized carbons (Fsp3) is 0.533. The molecule has 0 radical (unpaired) electrons. The molecule has 5 nitrogen and oxygen atoms in total. The Kier molecular flexibility index (Phi) is 6.36. The van der Waals surface area contributed by atoms with Gasteiger partial charge < -0.3 is 5.32 Å². The lowest BCUT2D eigenvalue weighted by atomic mass is 10.2. The minimum absolute atomic E-state index is 0.0968. The maximum atomic E-state index is 12.2. The van der Waals surface area contributed by atoms with Crippen molar-refractivity contribution in [2.45, 2.75) is 39.0 Å². The van der Waals surface area contributed by atoms with E-state index in [-0.39, 0.29) is 23.8 Å². The Morgan fingerprint density at radius 2 is 1.90 bits per heavy atom. The number of benzene rings is 1. The Labute approximate surface area is 127 Å². The first kappa shape index (κ1) is 17.7. The number of hydrogen-bond donors (Lipinski definition) is 2. The molecule has 0 fully saturated rings. The molecular formula is C15H24N2O3S. The Hall–Kier alpha value is -1.40. The highest BCUT2D eigenvalue weighted by Gasteiger charge is 2.16. The van der Waals surface area contributed by atoms with Crippen LogP contribution in [0.3, 0.4) is 0 Å². The summed E-state index contributed by atoms with van der Waals surface area (Å²) in [6, 6.07) is 5.17. The van der Waals surface area contributed by atoms with Gasteiger partial charge in [0, 0.05) is 19.5 Å². The Morgan fingerprint density at radius 3 is 2.48 bits per heavy atom. The van der Waals surface area contributed by atoms with E-state index in [0.29, 0.717) is 18.0 Å². The quantitative estimate of drug-likeness (QED) is 0.805. The summed E-state index contributed by atoms with van der Waals surface area (Å²) in [5.41, 5.74) is 1.71. The number of nitrogens with one attached hydrogen (secondary N) is 2. The van der Waals surface area contributed by atoms with Crippen LogP contribution in [0.15, 0.2) is 23.1 Å². The average Bonchev–Trinajstić information content (AvgIpc) is 2.35. The molecule has 0 spiro atoms. The number of rotatable bonds is 7. The molecule has 0 aliphatic rings. The topological polar surface area (TPSA) is 75.3 Å². The number of hydrogen-bond acceptors (Lipinski definition) is 3. The van der Waals surface area contributed by atoms with Gasteiger partial charge in [0.15, 0.2) is 0 Å². The molecule has 118 valence electrons. The molecule has 0 unspecified atom stereocenters. The SMILES string of the molecule is Cc1ccc(S(=O)(=O)NCCC(=O)NCC(C)C)c(C)c1. The molecule has 0 saturated heterocycles. The first-order chi connectivity index (χ1) is 9.72. The van der Waals surface area contributed by atoms with Crippen LogP contribution < -0.4 is 10.0 Å². The standard InChI is InChI=1S/C15H24N2O3S/c1-11(2)10-16-15(18)7-8-17-21(19,20)14-6-5-12(3)9-13(14)4/h5-6,9,11,17H,7-8,10H2,1-4H3,(H,16,18). The van der Waals surface area contributed by atoms with Gasteiger partial charge in [-0.1, -0.05) is 31.5 Å². The third-order valence-electron chi connectivity index (χ3n) is 2.97. The summed E-state index contributed by atoms with van der Waals surface area (Å²) < 4.78 is 26.8. The summed E-state index contributed by atoms with van der Waals surface area (Å²) in [5.74, 6) is 0.230. The predicted molar refractivity (Wildman–Crippen MR) is 83.6 cm³/mol. The van der Waals surface area contributed by atoms with Gasteiger partial charge in [-0.25, -0.2) is 13.1 Å². The maximum Gasteiger partial charge on any atom is 0.240 e. The molecule has 21 heavy (non-hydrogen) atoms. The van der Waals surface area contributed by atoms with E-state index >= 15 is 0 Å². The van der Waals surface area contributed by atoms with Crippen molar-refractivity contribution < 1.29 is 13.2 Å². The van der Waals surface area contributed by atoms with Crippen molar-refractivity contribution in [2.75, 3.05) is 13.1 Å². The summed E-state index contributed by atoms with van der Waals surface area (Å²) in [6.07, 6.45) is 0.136. The fourth-order valence-corrected chi connectivity index (χ4v) is 3.14. The highest BCUT2D eigenvalue weighted by atomic mass is 32.2. The Bertz CT molecular complexity index is 595. The lowest BCUT2D eigenvalue weighted by molar-refractivity contribution is -0.121. The van der Waals surface area contributed by atoms with E-state index in [9.17, 15) is 13.2 Å². The van der Waals surface area contributed by atoms with Crippen LogP contribution in [0, 0.1) is 19.8 Å². The van der Waals surface area contributed by atoms with E-state index in [4.69, 9.17) is 0 Å². The predicted octanol–water partition coefficient (Wildman–Crippen LogP) is 1.74. The normalized spacial score (nSPS) is 11.7. The van der Waals surface area contributed by atoms with Gasteiger partial charge in [0.25, 0.3) is 0 Å². The second-order valence-electron chi connectivity index (χ2n) is 5.61. The molecular weight excluding hydrogens is 288 g/mol. The fourth-order valence-electron chi connectivity index (χ4n) is 1.88. The van der Waals surface area contributed by atoms with Crippen LogP contribution in [-0.4, -0.2) is 27.4 Å². The Balaban J connectivity index is 2.56. The zero-order chi connectivity index (χ0) is 16.0. The lowest BCUT2D eigenvalue weighted by Gasteiger charge is -2.10. The van der Waals surface area contributed by atoms with Crippen molar-refractivity contribution in [2.24, 2.45) is 5.92 Å². The number of amides is 1. The van der Waals surface area contributed by atoms with Gasteiger partial charge in [-0.3, -0.25) is 4.79 Å². The molecule has 0 saturated carbocycles. The van der Waals surface area contributed by atoms with Crippen LogP contribution in [-0.2, 0) is 14.8 Å². The van der Waals surface area contributed by atoms with E-state index in [1.165, 1.54) is 0 Å². The maximum absolute atomic E-state index is 12.2. The highest BCUT2D eigenvalue weighted by Crippen LogP contribution is 2.16. The number of sulfonamides is 1. The number of carbonyl (C=O) groups is 1. The average molecular weight is 312 g/mol. The Morgan fingerprint density at radius 1 is 1.24 bits per heavy atom. The third kappa shape index (κ3) is 5.85. The van der Waals surface area contributed by atoms with E-state index in [0.717, 1.165) is 5.56 Å². The minimum atomic E-state index is -3.56. The minimum Gasteiger partial charge on any atom is -0.356 e. The van der Waals surface area contributed by atoms with Gasteiger partial charge in [0.2, 0.25) is 15.9 Å². The largest absolute Gasteiger partial charge is 0.356 e. The molecule has 0 atom stereocenters. The van der Waals surface area contributed by atoms with Crippen LogP contribution in [0.5, 0.6) is 0 Å². The summed E-state index contributed by atoms with van der Waals surface area (Å²) in [5, 5.41) is 2.75. The zero-order valence-electron chi connectivity index (χ0n) is 13.1. The summed E-state index contributed by atoms with van der Waals surface area (Å²) in [6.45, 7) is 8.38. The molecule has 0 aromatic heterocycles. The molecule has 6 heteroatoms. The van der Waals surface area contributed by atoms with Crippen LogP contribution in [0.4, 0.5) is 0 Å². The number of aryl methyl sites for hydroxylation is 2. The molecule has 1 aromatic carbocycles. The summed E-state index contributed by atoms with van der Waals surface area (Å²) in [7, 11) is -3.56.